The van der Waals surface area contributed by atoms with E-state index in [0.717, 1.165) is 23.7 Å². The Morgan fingerprint density at radius 1 is 1.24 bits per heavy atom. The summed E-state index contributed by atoms with van der Waals surface area (Å²) in [7, 11) is 0. The standard InChI is InChI=1S/C14H13NO2/c16-14(17)11-6-5-10-7-12(15-13(10)8-11)9-3-1-2-4-9/h1-2,5-9,15H,3-4H2,(H,16,17). The lowest BCUT2D eigenvalue weighted by atomic mass is 10.0. The van der Waals surface area contributed by atoms with Crippen LogP contribution in [-0.4, -0.2) is 16.1 Å². The first-order valence-electron chi connectivity index (χ1n) is 5.75. The van der Waals surface area contributed by atoms with E-state index in [9.17, 15) is 4.79 Å². The van der Waals surface area contributed by atoms with Crippen LogP contribution in [0.1, 0.15) is 34.8 Å². The van der Waals surface area contributed by atoms with Gasteiger partial charge in [0.2, 0.25) is 0 Å². The highest BCUT2D eigenvalue weighted by Gasteiger charge is 2.15. The number of carboxylic acid groups (broad SMARTS) is 1. The molecule has 0 amide bonds. The fraction of sp³-hybridized carbons (Fsp3) is 0.214. The summed E-state index contributed by atoms with van der Waals surface area (Å²) >= 11 is 0. The summed E-state index contributed by atoms with van der Waals surface area (Å²) in [5.74, 6) is -0.360. The van der Waals surface area contributed by atoms with Gasteiger partial charge in [-0.25, -0.2) is 4.79 Å². The van der Waals surface area contributed by atoms with Crippen molar-refractivity contribution >= 4 is 16.9 Å². The highest BCUT2D eigenvalue weighted by atomic mass is 16.4. The van der Waals surface area contributed by atoms with Crippen molar-refractivity contribution in [2.24, 2.45) is 0 Å². The molecule has 2 aromatic rings. The van der Waals surface area contributed by atoms with Gasteiger partial charge in [0, 0.05) is 17.1 Å². The smallest absolute Gasteiger partial charge is 0.335 e. The van der Waals surface area contributed by atoms with E-state index in [4.69, 9.17) is 5.11 Å². The molecule has 0 unspecified atom stereocenters. The lowest BCUT2D eigenvalue weighted by Gasteiger charge is -2.04. The average Bonchev–Trinajstić information content (AvgIpc) is 2.96. The summed E-state index contributed by atoms with van der Waals surface area (Å²) in [4.78, 5) is 14.2. The lowest BCUT2D eigenvalue weighted by Crippen LogP contribution is -1.95. The minimum Gasteiger partial charge on any atom is -0.478 e. The van der Waals surface area contributed by atoms with Crippen LogP contribution in [0.4, 0.5) is 0 Å². The Kier molecular flexibility index (Phi) is 2.25. The first kappa shape index (κ1) is 10.1. The third-order valence-corrected chi connectivity index (χ3v) is 3.34. The quantitative estimate of drug-likeness (QED) is 0.773. The predicted molar refractivity (Wildman–Crippen MR) is 66.4 cm³/mol. The van der Waals surface area contributed by atoms with E-state index in [1.165, 1.54) is 5.69 Å². The Balaban J connectivity index is 2.03. The van der Waals surface area contributed by atoms with Crippen LogP contribution in [0, 0.1) is 0 Å². The number of aromatic carboxylic acids is 1. The zero-order valence-electron chi connectivity index (χ0n) is 9.31. The van der Waals surface area contributed by atoms with Gasteiger partial charge in [-0.3, -0.25) is 0 Å². The molecule has 1 aliphatic carbocycles. The number of hydrogen-bond donors (Lipinski definition) is 2. The molecule has 0 atom stereocenters. The molecular formula is C14H13NO2. The van der Waals surface area contributed by atoms with E-state index in [1.54, 1.807) is 12.1 Å². The Morgan fingerprint density at radius 3 is 2.71 bits per heavy atom. The van der Waals surface area contributed by atoms with Crippen molar-refractivity contribution < 1.29 is 9.90 Å². The number of nitrogens with one attached hydrogen (secondary N) is 1. The van der Waals surface area contributed by atoms with Gasteiger partial charge in [0.05, 0.1) is 5.56 Å². The maximum Gasteiger partial charge on any atom is 0.335 e. The van der Waals surface area contributed by atoms with Gasteiger partial charge in [-0.2, -0.15) is 0 Å². The Labute approximate surface area is 98.8 Å². The van der Waals surface area contributed by atoms with E-state index in [0.29, 0.717) is 11.5 Å². The second-order valence-corrected chi connectivity index (χ2v) is 4.47. The van der Waals surface area contributed by atoms with Gasteiger partial charge >= 0.3 is 5.97 Å². The molecule has 0 radical (unpaired) electrons. The Hall–Kier alpha value is -2.03. The summed E-state index contributed by atoms with van der Waals surface area (Å²) in [5.41, 5.74) is 2.44. The van der Waals surface area contributed by atoms with Crippen molar-refractivity contribution in [1.82, 2.24) is 4.98 Å². The third-order valence-electron chi connectivity index (χ3n) is 3.34. The Bertz CT molecular complexity index is 602. The highest BCUT2D eigenvalue weighted by Crippen LogP contribution is 2.31. The molecule has 1 aromatic carbocycles. The maximum atomic E-state index is 10.9. The van der Waals surface area contributed by atoms with Crippen LogP contribution in [0.5, 0.6) is 0 Å². The van der Waals surface area contributed by atoms with Crippen LogP contribution in [0.15, 0.2) is 36.4 Å². The fourth-order valence-electron chi connectivity index (χ4n) is 2.37. The average molecular weight is 227 g/mol. The van der Waals surface area contributed by atoms with Gasteiger partial charge in [-0.15, -0.1) is 0 Å². The molecule has 0 spiro atoms. The van der Waals surface area contributed by atoms with Crippen LogP contribution >= 0.6 is 0 Å². The maximum absolute atomic E-state index is 10.9. The first-order chi connectivity index (χ1) is 8.24. The molecule has 3 rings (SSSR count). The molecule has 0 saturated carbocycles. The van der Waals surface area contributed by atoms with Crippen LogP contribution in [-0.2, 0) is 0 Å². The summed E-state index contributed by atoms with van der Waals surface area (Å²) in [5, 5.41) is 10.0. The molecule has 0 aliphatic heterocycles. The number of hydrogen-bond acceptors (Lipinski definition) is 1. The molecule has 1 heterocycles. The number of benzene rings is 1. The minimum atomic E-state index is -0.884. The Morgan fingerprint density at radius 2 is 2.00 bits per heavy atom. The molecular weight excluding hydrogens is 214 g/mol. The summed E-state index contributed by atoms with van der Waals surface area (Å²) < 4.78 is 0. The van der Waals surface area contributed by atoms with Gasteiger partial charge in [-0.1, -0.05) is 18.2 Å². The number of aromatic nitrogens is 1. The summed E-state index contributed by atoms with van der Waals surface area (Å²) in [6, 6.07) is 7.33. The zero-order valence-corrected chi connectivity index (χ0v) is 9.31. The van der Waals surface area contributed by atoms with E-state index in [1.807, 2.05) is 6.07 Å². The SMILES string of the molecule is O=C(O)c1ccc2cc(C3CC=CC3)[nH]c2c1. The summed E-state index contributed by atoms with van der Waals surface area (Å²) in [6.45, 7) is 0. The van der Waals surface area contributed by atoms with Crippen molar-refractivity contribution in [3.8, 4) is 0 Å². The van der Waals surface area contributed by atoms with Crippen LogP contribution in [0.2, 0.25) is 0 Å². The molecule has 2 N–H and O–H groups in total. The van der Waals surface area contributed by atoms with Crippen LogP contribution < -0.4 is 0 Å². The fourth-order valence-corrected chi connectivity index (χ4v) is 2.37. The van der Waals surface area contributed by atoms with E-state index >= 15 is 0 Å². The van der Waals surface area contributed by atoms with Crippen molar-refractivity contribution in [3.05, 3.63) is 47.7 Å². The molecule has 86 valence electrons. The number of rotatable bonds is 2. The van der Waals surface area contributed by atoms with Crippen molar-refractivity contribution in [2.75, 3.05) is 0 Å². The van der Waals surface area contributed by atoms with Gasteiger partial charge in [0.1, 0.15) is 0 Å². The topological polar surface area (TPSA) is 53.1 Å². The number of carbonyl (C=O) groups is 1. The molecule has 3 nitrogen and oxygen atoms in total. The lowest BCUT2D eigenvalue weighted by molar-refractivity contribution is 0.0697. The van der Waals surface area contributed by atoms with Gasteiger partial charge in [0.15, 0.2) is 0 Å². The molecule has 0 fully saturated rings. The molecule has 3 heteroatoms. The second-order valence-electron chi connectivity index (χ2n) is 4.47. The van der Waals surface area contributed by atoms with Gasteiger partial charge in [0.25, 0.3) is 0 Å². The van der Waals surface area contributed by atoms with Crippen LogP contribution in [0.3, 0.4) is 0 Å². The van der Waals surface area contributed by atoms with Crippen molar-refractivity contribution in [1.29, 1.82) is 0 Å². The van der Waals surface area contributed by atoms with Crippen molar-refractivity contribution in [3.63, 3.8) is 0 Å². The predicted octanol–water partition coefficient (Wildman–Crippen LogP) is 3.30. The second kappa shape index (κ2) is 3.77. The molecule has 17 heavy (non-hydrogen) atoms. The van der Waals surface area contributed by atoms with E-state index < -0.39 is 5.97 Å². The molecule has 0 bridgehead atoms. The van der Waals surface area contributed by atoms with E-state index in [-0.39, 0.29) is 0 Å². The molecule has 0 saturated heterocycles. The number of aromatic amines is 1. The van der Waals surface area contributed by atoms with E-state index in [2.05, 4.69) is 23.2 Å². The number of fused-ring (bicyclic) bond motifs is 1. The third kappa shape index (κ3) is 1.73. The van der Waals surface area contributed by atoms with Gasteiger partial charge in [-0.05, 0) is 36.4 Å². The zero-order chi connectivity index (χ0) is 11.8. The van der Waals surface area contributed by atoms with Crippen LogP contribution in [0.25, 0.3) is 10.9 Å². The monoisotopic (exact) mass is 227 g/mol. The number of carboxylic acids is 1. The molecule has 1 aromatic heterocycles. The number of allylic oxidation sites excluding steroid dienone is 2. The number of H-pyrrole nitrogens is 1. The summed E-state index contributed by atoms with van der Waals surface area (Å²) in [6.07, 6.45) is 6.52. The highest BCUT2D eigenvalue weighted by molar-refractivity contribution is 5.93. The normalized spacial score (nSPS) is 15.8. The van der Waals surface area contributed by atoms with Crippen molar-refractivity contribution in [2.45, 2.75) is 18.8 Å². The molecule has 1 aliphatic rings. The first-order valence-corrected chi connectivity index (χ1v) is 5.75. The van der Waals surface area contributed by atoms with Gasteiger partial charge < -0.3 is 10.1 Å². The minimum absolute atomic E-state index is 0.329. The largest absolute Gasteiger partial charge is 0.478 e.